The van der Waals surface area contributed by atoms with Crippen LogP contribution in [0.25, 0.3) is 0 Å². The number of hydrogen-bond donors (Lipinski definition) is 1. The quantitative estimate of drug-likeness (QED) is 0.861. The molecular weight excluding hydrogens is 220 g/mol. The van der Waals surface area contributed by atoms with Crippen LogP contribution in [0.15, 0.2) is 18.2 Å². The zero-order valence-corrected chi connectivity index (χ0v) is 9.12. The highest BCUT2D eigenvalue weighted by Crippen LogP contribution is 2.29. The van der Waals surface area contributed by atoms with E-state index in [2.05, 4.69) is 0 Å². The van der Waals surface area contributed by atoms with Crippen LogP contribution < -0.4 is 4.74 Å². The molecule has 1 atom stereocenters. The summed E-state index contributed by atoms with van der Waals surface area (Å²) in [5.41, 5.74) is 0.410. The molecular formula is C10H11ClO4. The van der Waals surface area contributed by atoms with Crippen LogP contribution in [-0.4, -0.2) is 25.3 Å². The normalized spacial score (nSPS) is 12.2. The molecule has 0 bridgehead atoms. The molecule has 0 heterocycles. The Morgan fingerprint density at radius 2 is 2.13 bits per heavy atom. The number of halogens is 1. The van der Waals surface area contributed by atoms with Gasteiger partial charge >= 0.3 is 5.97 Å². The SMILES string of the molecule is COc1ccc([C@H](OC)C(=O)O)c(Cl)c1. The predicted molar refractivity (Wildman–Crippen MR) is 55.4 cm³/mol. The van der Waals surface area contributed by atoms with Crippen LogP contribution in [-0.2, 0) is 9.53 Å². The minimum Gasteiger partial charge on any atom is -0.497 e. The van der Waals surface area contributed by atoms with E-state index in [1.54, 1.807) is 18.2 Å². The zero-order chi connectivity index (χ0) is 11.4. The summed E-state index contributed by atoms with van der Waals surface area (Å²) in [5, 5.41) is 9.17. The molecule has 15 heavy (non-hydrogen) atoms. The summed E-state index contributed by atoms with van der Waals surface area (Å²) in [7, 11) is 2.83. The summed E-state index contributed by atoms with van der Waals surface area (Å²) in [6.07, 6.45) is -1.05. The van der Waals surface area contributed by atoms with E-state index in [0.29, 0.717) is 16.3 Å². The van der Waals surface area contributed by atoms with E-state index >= 15 is 0 Å². The Balaban J connectivity index is 3.08. The van der Waals surface area contributed by atoms with Gasteiger partial charge in [0.1, 0.15) is 5.75 Å². The highest BCUT2D eigenvalue weighted by atomic mass is 35.5. The lowest BCUT2D eigenvalue weighted by atomic mass is 10.1. The third kappa shape index (κ3) is 2.61. The van der Waals surface area contributed by atoms with Gasteiger partial charge in [-0.05, 0) is 12.1 Å². The molecule has 0 aliphatic heterocycles. The Bertz CT molecular complexity index is 364. The molecule has 0 amide bonds. The minimum atomic E-state index is -1.08. The summed E-state index contributed by atoms with van der Waals surface area (Å²) in [5.74, 6) is -0.506. The van der Waals surface area contributed by atoms with Crippen molar-refractivity contribution in [2.75, 3.05) is 14.2 Å². The van der Waals surface area contributed by atoms with Crippen LogP contribution in [0.3, 0.4) is 0 Å². The minimum absolute atomic E-state index is 0.309. The summed E-state index contributed by atoms with van der Waals surface area (Å²) in [6, 6.07) is 4.76. The second kappa shape index (κ2) is 5.00. The molecule has 82 valence electrons. The van der Waals surface area contributed by atoms with Crippen LogP contribution in [0, 0.1) is 0 Å². The molecule has 0 fully saturated rings. The zero-order valence-electron chi connectivity index (χ0n) is 8.36. The Kier molecular flexibility index (Phi) is 3.94. The van der Waals surface area contributed by atoms with Gasteiger partial charge < -0.3 is 14.6 Å². The molecule has 1 N–H and O–H groups in total. The molecule has 4 nitrogen and oxygen atoms in total. The van der Waals surface area contributed by atoms with E-state index in [9.17, 15) is 4.79 Å². The van der Waals surface area contributed by atoms with Gasteiger partial charge in [-0.15, -0.1) is 0 Å². The van der Waals surface area contributed by atoms with Gasteiger partial charge in [-0.2, -0.15) is 0 Å². The average molecular weight is 231 g/mol. The number of methoxy groups -OCH3 is 2. The lowest BCUT2D eigenvalue weighted by molar-refractivity contribution is -0.148. The van der Waals surface area contributed by atoms with Crippen molar-refractivity contribution in [3.63, 3.8) is 0 Å². The summed E-state index contributed by atoms with van der Waals surface area (Å²) in [4.78, 5) is 10.8. The van der Waals surface area contributed by atoms with Gasteiger partial charge in [0.2, 0.25) is 0 Å². The Labute approximate surface area is 92.4 Å². The van der Waals surface area contributed by atoms with Gasteiger partial charge in [-0.1, -0.05) is 17.7 Å². The molecule has 1 aromatic rings. The van der Waals surface area contributed by atoms with Crippen LogP contribution in [0.2, 0.25) is 5.02 Å². The molecule has 0 radical (unpaired) electrons. The molecule has 0 spiro atoms. The average Bonchev–Trinajstić information content (AvgIpc) is 2.20. The molecule has 0 aliphatic rings. The van der Waals surface area contributed by atoms with E-state index in [1.165, 1.54) is 14.2 Å². The fourth-order valence-electron chi connectivity index (χ4n) is 1.21. The molecule has 0 aromatic heterocycles. The van der Waals surface area contributed by atoms with E-state index in [-0.39, 0.29) is 0 Å². The van der Waals surface area contributed by atoms with Crippen molar-refractivity contribution in [3.05, 3.63) is 28.8 Å². The lowest BCUT2D eigenvalue weighted by Crippen LogP contribution is -2.13. The Morgan fingerprint density at radius 1 is 1.47 bits per heavy atom. The molecule has 1 aromatic carbocycles. The van der Waals surface area contributed by atoms with E-state index in [1.807, 2.05) is 0 Å². The first-order valence-corrected chi connectivity index (χ1v) is 4.57. The number of aliphatic carboxylic acids is 1. The molecule has 1 rings (SSSR count). The summed E-state index contributed by atoms with van der Waals surface area (Å²) >= 11 is 5.90. The molecule has 0 aliphatic carbocycles. The molecule has 5 heteroatoms. The monoisotopic (exact) mass is 230 g/mol. The number of rotatable bonds is 4. The maximum Gasteiger partial charge on any atom is 0.337 e. The number of carbonyl (C=O) groups is 1. The number of benzene rings is 1. The lowest BCUT2D eigenvalue weighted by Gasteiger charge is -2.13. The maximum absolute atomic E-state index is 10.8. The molecule has 0 saturated carbocycles. The second-order valence-corrected chi connectivity index (χ2v) is 3.25. The van der Waals surface area contributed by atoms with Gasteiger partial charge in [0.15, 0.2) is 6.10 Å². The van der Waals surface area contributed by atoms with Crippen molar-refractivity contribution in [2.24, 2.45) is 0 Å². The highest BCUT2D eigenvalue weighted by Gasteiger charge is 2.21. The predicted octanol–water partition coefficient (Wildman–Crippen LogP) is 2.12. The van der Waals surface area contributed by atoms with Crippen molar-refractivity contribution < 1.29 is 19.4 Å². The van der Waals surface area contributed by atoms with Crippen molar-refractivity contribution in [2.45, 2.75) is 6.10 Å². The van der Waals surface area contributed by atoms with Gasteiger partial charge in [-0.25, -0.2) is 4.79 Å². The first-order chi connectivity index (χ1) is 7.10. The number of carboxylic acid groups (broad SMARTS) is 1. The van der Waals surface area contributed by atoms with Crippen LogP contribution in [0.1, 0.15) is 11.7 Å². The molecule has 0 saturated heterocycles. The van der Waals surface area contributed by atoms with Gasteiger partial charge in [0, 0.05) is 12.7 Å². The topological polar surface area (TPSA) is 55.8 Å². The summed E-state index contributed by atoms with van der Waals surface area (Å²) < 4.78 is 9.78. The van der Waals surface area contributed by atoms with Gasteiger partial charge in [0.05, 0.1) is 12.1 Å². The second-order valence-electron chi connectivity index (χ2n) is 2.84. The third-order valence-corrected chi connectivity index (χ3v) is 2.28. The summed E-state index contributed by atoms with van der Waals surface area (Å²) in [6.45, 7) is 0. The first-order valence-electron chi connectivity index (χ1n) is 4.19. The smallest absolute Gasteiger partial charge is 0.337 e. The Hall–Kier alpha value is -1.26. The standard InChI is InChI=1S/C10H11ClO4/c1-14-6-3-4-7(8(11)5-6)9(15-2)10(12)13/h3-5,9H,1-2H3,(H,12,13)/t9-/m0/s1. The largest absolute Gasteiger partial charge is 0.497 e. The maximum atomic E-state index is 10.8. The molecule has 0 unspecified atom stereocenters. The van der Waals surface area contributed by atoms with E-state index in [0.717, 1.165) is 0 Å². The number of ether oxygens (including phenoxy) is 2. The van der Waals surface area contributed by atoms with Crippen molar-refractivity contribution >= 4 is 17.6 Å². The van der Waals surface area contributed by atoms with Crippen molar-refractivity contribution in [3.8, 4) is 5.75 Å². The van der Waals surface area contributed by atoms with Crippen LogP contribution >= 0.6 is 11.6 Å². The first kappa shape index (κ1) is 11.8. The van der Waals surface area contributed by atoms with E-state index < -0.39 is 12.1 Å². The fourth-order valence-corrected chi connectivity index (χ4v) is 1.48. The highest BCUT2D eigenvalue weighted by molar-refractivity contribution is 6.31. The van der Waals surface area contributed by atoms with Crippen molar-refractivity contribution in [1.29, 1.82) is 0 Å². The number of hydrogen-bond acceptors (Lipinski definition) is 3. The number of carboxylic acids is 1. The third-order valence-electron chi connectivity index (χ3n) is 1.95. The Morgan fingerprint density at radius 3 is 2.53 bits per heavy atom. The van der Waals surface area contributed by atoms with Crippen molar-refractivity contribution in [1.82, 2.24) is 0 Å². The van der Waals surface area contributed by atoms with Crippen LogP contribution in [0.5, 0.6) is 5.75 Å². The van der Waals surface area contributed by atoms with E-state index in [4.69, 9.17) is 26.2 Å². The van der Waals surface area contributed by atoms with Gasteiger partial charge in [0.25, 0.3) is 0 Å². The fraction of sp³-hybridized carbons (Fsp3) is 0.300. The van der Waals surface area contributed by atoms with Crippen LogP contribution in [0.4, 0.5) is 0 Å². The van der Waals surface area contributed by atoms with Gasteiger partial charge in [-0.3, -0.25) is 0 Å².